The average Bonchev–Trinajstić information content (AvgIpc) is 2.78. The molecule has 0 radical (unpaired) electrons. The lowest BCUT2D eigenvalue weighted by atomic mass is 10.2. The molecule has 6 nitrogen and oxygen atoms in total. The molecule has 1 saturated heterocycles. The molecule has 134 valence electrons. The minimum absolute atomic E-state index is 0.243. The van der Waals surface area contributed by atoms with Crippen LogP contribution in [-0.4, -0.2) is 57.0 Å². The fourth-order valence-corrected chi connectivity index (χ4v) is 2.66. The first-order valence-electron chi connectivity index (χ1n) is 8.28. The van der Waals surface area contributed by atoms with Crippen molar-refractivity contribution >= 4 is 11.8 Å². The zero-order valence-electron chi connectivity index (χ0n) is 15.3. The monoisotopic (exact) mass is 336 g/mol. The minimum atomic E-state index is -0.469. The molecule has 1 heterocycles. The summed E-state index contributed by atoms with van der Waals surface area (Å²) >= 11 is 0. The van der Waals surface area contributed by atoms with Crippen LogP contribution in [0.4, 0.5) is 10.5 Å². The summed E-state index contributed by atoms with van der Waals surface area (Å²) in [4.78, 5) is 16.3. The van der Waals surface area contributed by atoms with E-state index in [9.17, 15) is 4.79 Å². The Hall–Kier alpha value is -2.11. The molecule has 1 aromatic carbocycles. The molecule has 2 rings (SSSR count). The van der Waals surface area contributed by atoms with Gasteiger partial charge in [-0.15, -0.1) is 0 Å². The maximum absolute atomic E-state index is 12.3. The number of anilines is 1. The second kappa shape index (κ2) is 7.64. The van der Waals surface area contributed by atoms with E-state index in [1.807, 2.05) is 39.0 Å². The van der Waals surface area contributed by atoms with E-state index in [1.54, 1.807) is 19.1 Å². The summed E-state index contributed by atoms with van der Waals surface area (Å²) in [6.45, 7) is 8.61. The van der Waals surface area contributed by atoms with Gasteiger partial charge in [-0.1, -0.05) is 0 Å². The first-order valence-corrected chi connectivity index (χ1v) is 8.28. The van der Waals surface area contributed by atoms with Crippen molar-refractivity contribution in [2.24, 2.45) is 0 Å². The third-order valence-electron chi connectivity index (χ3n) is 3.85. The molecule has 1 aliphatic rings. The lowest BCUT2D eigenvalue weighted by molar-refractivity contribution is 0.0263. The number of amides is 1. The number of rotatable bonds is 3. The van der Waals surface area contributed by atoms with Gasteiger partial charge < -0.3 is 24.0 Å². The normalized spacial score (nSPS) is 15.7. The smallest absolute Gasteiger partial charge is 0.410 e. The van der Waals surface area contributed by atoms with Gasteiger partial charge in [0.05, 0.1) is 14.2 Å². The van der Waals surface area contributed by atoms with E-state index >= 15 is 0 Å². The van der Waals surface area contributed by atoms with Crippen molar-refractivity contribution in [2.45, 2.75) is 32.8 Å². The van der Waals surface area contributed by atoms with Crippen LogP contribution in [0.1, 0.15) is 27.2 Å². The standard InChI is InChI=1S/C18H28N2O4/c1-18(2,3)24-17(21)20-8-6-7-19(9-10-20)14-11-15(22-4)13-16(12-14)23-5/h11-13H,6-10H2,1-5H3. The van der Waals surface area contributed by atoms with E-state index in [0.717, 1.165) is 36.7 Å². The molecule has 0 atom stereocenters. The van der Waals surface area contributed by atoms with Crippen LogP contribution in [-0.2, 0) is 4.74 Å². The maximum Gasteiger partial charge on any atom is 0.410 e. The fourth-order valence-electron chi connectivity index (χ4n) is 2.66. The van der Waals surface area contributed by atoms with Gasteiger partial charge in [0, 0.05) is 50.1 Å². The highest BCUT2D eigenvalue weighted by Gasteiger charge is 2.24. The second-order valence-electron chi connectivity index (χ2n) is 6.88. The van der Waals surface area contributed by atoms with Gasteiger partial charge in [-0.05, 0) is 27.2 Å². The molecule has 0 aromatic heterocycles. The highest BCUT2D eigenvalue weighted by molar-refractivity contribution is 5.68. The van der Waals surface area contributed by atoms with Crippen LogP contribution < -0.4 is 14.4 Å². The summed E-state index contributed by atoms with van der Waals surface area (Å²) in [7, 11) is 3.29. The van der Waals surface area contributed by atoms with Crippen LogP contribution >= 0.6 is 0 Å². The molecule has 1 amide bonds. The molecule has 0 unspecified atom stereocenters. The SMILES string of the molecule is COc1cc(OC)cc(N2CCCN(C(=O)OC(C)(C)C)CC2)c1. The molecule has 1 aromatic rings. The van der Waals surface area contributed by atoms with Crippen molar-refractivity contribution in [2.75, 3.05) is 45.3 Å². The van der Waals surface area contributed by atoms with Gasteiger partial charge in [0.25, 0.3) is 0 Å². The van der Waals surface area contributed by atoms with E-state index in [4.69, 9.17) is 14.2 Å². The lowest BCUT2D eigenvalue weighted by Crippen LogP contribution is -2.39. The summed E-state index contributed by atoms with van der Waals surface area (Å²) < 4.78 is 16.2. The van der Waals surface area contributed by atoms with Crippen molar-refractivity contribution in [3.05, 3.63) is 18.2 Å². The number of carbonyl (C=O) groups is 1. The molecule has 0 spiro atoms. The summed E-state index contributed by atoms with van der Waals surface area (Å²) in [5.74, 6) is 1.52. The second-order valence-corrected chi connectivity index (χ2v) is 6.88. The van der Waals surface area contributed by atoms with Gasteiger partial charge in [-0.3, -0.25) is 0 Å². The Balaban J connectivity index is 2.06. The predicted octanol–water partition coefficient (Wildman–Crippen LogP) is 3.15. The molecule has 1 fully saturated rings. The average molecular weight is 336 g/mol. The first kappa shape index (κ1) is 18.2. The Kier molecular flexibility index (Phi) is 5.80. The van der Waals surface area contributed by atoms with Crippen molar-refractivity contribution in [1.82, 2.24) is 4.90 Å². The van der Waals surface area contributed by atoms with Crippen LogP contribution in [0.2, 0.25) is 0 Å². The van der Waals surface area contributed by atoms with Gasteiger partial charge in [0.15, 0.2) is 0 Å². The number of methoxy groups -OCH3 is 2. The van der Waals surface area contributed by atoms with E-state index in [2.05, 4.69) is 4.90 Å². The minimum Gasteiger partial charge on any atom is -0.497 e. The zero-order chi connectivity index (χ0) is 17.7. The van der Waals surface area contributed by atoms with Crippen LogP contribution in [0.5, 0.6) is 11.5 Å². The van der Waals surface area contributed by atoms with E-state index in [0.29, 0.717) is 13.1 Å². The van der Waals surface area contributed by atoms with Crippen molar-refractivity contribution in [1.29, 1.82) is 0 Å². The third kappa shape index (κ3) is 4.94. The summed E-state index contributed by atoms with van der Waals surface area (Å²) in [5, 5.41) is 0. The molecule has 0 bridgehead atoms. The molecular formula is C18H28N2O4. The van der Waals surface area contributed by atoms with Crippen molar-refractivity contribution in [3.63, 3.8) is 0 Å². The molecular weight excluding hydrogens is 308 g/mol. The van der Waals surface area contributed by atoms with Gasteiger partial charge in [0.2, 0.25) is 0 Å². The fraction of sp³-hybridized carbons (Fsp3) is 0.611. The molecule has 1 aliphatic heterocycles. The maximum atomic E-state index is 12.3. The topological polar surface area (TPSA) is 51.2 Å². The van der Waals surface area contributed by atoms with E-state index in [1.165, 1.54) is 0 Å². The van der Waals surface area contributed by atoms with E-state index < -0.39 is 5.60 Å². The number of carbonyl (C=O) groups excluding carboxylic acids is 1. The quantitative estimate of drug-likeness (QED) is 0.849. The van der Waals surface area contributed by atoms with Gasteiger partial charge >= 0.3 is 6.09 Å². The number of ether oxygens (including phenoxy) is 3. The summed E-state index contributed by atoms with van der Waals surface area (Å²) in [6.07, 6.45) is 0.645. The molecule has 0 aliphatic carbocycles. The van der Waals surface area contributed by atoms with Gasteiger partial charge in [-0.2, -0.15) is 0 Å². The molecule has 0 saturated carbocycles. The van der Waals surface area contributed by atoms with Crippen LogP contribution in [0, 0.1) is 0 Å². The number of nitrogens with zero attached hydrogens (tertiary/aromatic N) is 2. The molecule has 6 heteroatoms. The number of hydrogen-bond donors (Lipinski definition) is 0. The largest absolute Gasteiger partial charge is 0.497 e. The zero-order valence-corrected chi connectivity index (χ0v) is 15.3. The Labute approximate surface area is 144 Å². The first-order chi connectivity index (χ1) is 11.3. The summed E-state index contributed by atoms with van der Waals surface area (Å²) in [6, 6.07) is 5.84. The Bertz CT molecular complexity index is 546. The predicted molar refractivity (Wildman–Crippen MR) is 94.2 cm³/mol. The molecule has 24 heavy (non-hydrogen) atoms. The Morgan fingerprint density at radius 2 is 1.58 bits per heavy atom. The van der Waals surface area contributed by atoms with Crippen LogP contribution in [0.3, 0.4) is 0 Å². The van der Waals surface area contributed by atoms with E-state index in [-0.39, 0.29) is 6.09 Å². The Morgan fingerprint density at radius 1 is 0.958 bits per heavy atom. The number of hydrogen-bond acceptors (Lipinski definition) is 5. The van der Waals surface area contributed by atoms with Gasteiger partial charge in [0.1, 0.15) is 17.1 Å². The van der Waals surface area contributed by atoms with Crippen LogP contribution in [0.25, 0.3) is 0 Å². The highest BCUT2D eigenvalue weighted by atomic mass is 16.6. The van der Waals surface area contributed by atoms with Crippen molar-refractivity contribution < 1.29 is 19.0 Å². The molecule has 0 N–H and O–H groups in total. The summed E-state index contributed by atoms with van der Waals surface area (Å²) in [5.41, 5.74) is 0.570. The Morgan fingerprint density at radius 3 is 2.12 bits per heavy atom. The van der Waals surface area contributed by atoms with Gasteiger partial charge in [-0.25, -0.2) is 4.79 Å². The number of benzene rings is 1. The lowest BCUT2D eigenvalue weighted by Gasteiger charge is -2.27. The van der Waals surface area contributed by atoms with Crippen LogP contribution in [0.15, 0.2) is 18.2 Å². The highest BCUT2D eigenvalue weighted by Crippen LogP contribution is 2.29. The third-order valence-corrected chi connectivity index (χ3v) is 3.85. The van der Waals surface area contributed by atoms with Crippen molar-refractivity contribution in [3.8, 4) is 11.5 Å².